The smallest absolute Gasteiger partial charge is 0.375 e. The molecule has 1 aliphatic rings. The molecule has 0 aromatic carbocycles. The monoisotopic (exact) mass is 303 g/mol. The lowest BCUT2D eigenvalue weighted by atomic mass is 9.88. The number of H-pyrrole nitrogens is 1. The fourth-order valence-corrected chi connectivity index (χ4v) is 2.55. The molecule has 2 aromatic rings. The van der Waals surface area contributed by atoms with Crippen molar-refractivity contribution in [1.29, 1.82) is 0 Å². The van der Waals surface area contributed by atoms with Crippen LogP contribution in [-0.4, -0.2) is 26.2 Å². The first kappa shape index (κ1) is 13.9. The van der Waals surface area contributed by atoms with Crippen LogP contribution < -0.4 is 5.56 Å². The van der Waals surface area contributed by atoms with E-state index in [9.17, 15) is 23.1 Å². The van der Waals surface area contributed by atoms with Gasteiger partial charge in [-0.05, 0) is 6.92 Å². The number of aliphatic hydroxyl groups is 1. The van der Waals surface area contributed by atoms with E-state index in [1.165, 1.54) is 10.7 Å². The second-order valence-corrected chi connectivity index (χ2v) is 5.36. The summed E-state index contributed by atoms with van der Waals surface area (Å²) in [5.74, 6) is -0.322. The maximum absolute atomic E-state index is 13.0. The van der Waals surface area contributed by atoms with E-state index in [0.717, 1.165) is 0 Å². The minimum Gasteiger partial charge on any atom is -0.375 e. The van der Waals surface area contributed by atoms with Gasteiger partial charge in [0.25, 0.3) is 5.56 Å². The fourth-order valence-electron chi connectivity index (χ4n) is 2.55. The van der Waals surface area contributed by atoms with Crippen LogP contribution in [0.15, 0.2) is 15.4 Å². The molecule has 0 saturated heterocycles. The zero-order valence-corrected chi connectivity index (χ0v) is 11.2. The molecular weight excluding hydrogens is 291 g/mol. The molecule has 114 valence electrons. The topological polar surface area (TPSA) is 84.0 Å². The van der Waals surface area contributed by atoms with Crippen LogP contribution in [0.3, 0.4) is 0 Å². The van der Waals surface area contributed by atoms with Crippen molar-refractivity contribution >= 4 is 0 Å². The van der Waals surface area contributed by atoms with Gasteiger partial charge in [-0.3, -0.25) is 14.6 Å². The summed E-state index contributed by atoms with van der Waals surface area (Å²) in [6.45, 7) is 2.58. The van der Waals surface area contributed by atoms with E-state index in [0.29, 0.717) is 12.6 Å². The third kappa shape index (κ3) is 1.84. The lowest BCUT2D eigenvalue weighted by Gasteiger charge is -2.27. The van der Waals surface area contributed by atoms with Crippen molar-refractivity contribution < 1.29 is 22.8 Å². The van der Waals surface area contributed by atoms with Crippen molar-refractivity contribution in [2.75, 3.05) is 0 Å². The molecule has 0 saturated carbocycles. The molecule has 6 nitrogen and oxygen atoms in total. The van der Waals surface area contributed by atoms with Gasteiger partial charge in [0.1, 0.15) is 11.4 Å². The molecule has 3 heterocycles. The number of nitrogens with one attached hydrogen (secondary N) is 1. The summed E-state index contributed by atoms with van der Waals surface area (Å²) in [6.07, 6.45) is -4.88. The highest BCUT2D eigenvalue weighted by Crippen LogP contribution is 2.45. The fraction of sp³-hybridized carbons (Fsp3) is 0.500. The Morgan fingerprint density at radius 1 is 1.52 bits per heavy atom. The first-order chi connectivity index (χ1) is 9.63. The molecule has 0 radical (unpaired) electrons. The summed E-state index contributed by atoms with van der Waals surface area (Å²) in [4.78, 5) is 11.4. The number of fused-ring (bicyclic) bond motifs is 3. The van der Waals surface area contributed by atoms with Gasteiger partial charge in [0, 0.05) is 24.1 Å². The van der Waals surface area contributed by atoms with Gasteiger partial charge in [-0.15, -0.1) is 0 Å². The average molecular weight is 303 g/mol. The second kappa shape index (κ2) is 4.00. The molecule has 0 aliphatic carbocycles. The Balaban J connectivity index is 2.23. The number of hydrogen-bond acceptors (Lipinski definition) is 4. The first-order valence-corrected chi connectivity index (χ1v) is 6.22. The van der Waals surface area contributed by atoms with Crippen LogP contribution in [0.25, 0.3) is 11.5 Å². The van der Waals surface area contributed by atoms with Crippen molar-refractivity contribution in [3.05, 3.63) is 27.7 Å². The minimum absolute atomic E-state index is 0.0756. The Hall–Kier alpha value is -2.03. The van der Waals surface area contributed by atoms with Gasteiger partial charge in [-0.2, -0.15) is 13.2 Å². The molecule has 0 fully saturated rings. The summed E-state index contributed by atoms with van der Waals surface area (Å²) in [6, 6.07) is 1.22. The van der Waals surface area contributed by atoms with Gasteiger partial charge in [0.15, 0.2) is 5.76 Å². The highest BCUT2D eigenvalue weighted by molar-refractivity contribution is 5.61. The van der Waals surface area contributed by atoms with Crippen molar-refractivity contribution in [3.63, 3.8) is 0 Å². The standard InChI is InChI=1S/C12H12F3N3O3/c1-5-4-18-6(3-7(19)16-18)9-8(5)10(17-21-9)11(2,20)12(13,14)15/h3,5,20H,4H2,1-2H3,(H,16,19)/t5?,11-/m1/s1. The summed E-state index contributed by atoms with van der Waals surface area (Å²) in [5.41, 5.74) is -3.55. The van der Waals surface area contributed by atoms with Crippen LogP contribution in [0.4, 0.5) is 13.2 Å². The van der Waals surface area contributed by atoms with E-state index in [1.807, 2.05) is 0 Å². The number of aromatic amines is 1. The SMILES string of the molecule is CC1Cn2[nH]c(=O)cc2-c2onc([C@@](C)(O)C(F)(F)F)c21. The normalized spacial score (nSPS) is 20.8. The predicted octanol–water partition coefficient (Wildman–Crippen LogP) is 1.72. The summed E-state index contributed by atoms with van der Waals surface area (Å²) in [7, 11) is 0. The lowest BCUT2D eigenvalue weighted by molar-refractivity contribution is -0.261. The predicted molar refractivity (Wildman–Crippen MR) is 64.6 cm³/mol. The third-order valence-corrected chi connectivity index (χ3v) is 3.73. The Morgan fingerprint density at radius 2 is 2.19 bits per heavy atom. The Labute approximate surface area is 116 Å². The van der Waals surface area contributed by atoms with Crippen LogP contribution >= 0.6 is 0 Å². The van der Waals surface area contributed by atoms with Gasteiger partial charge in [-0.25, -0.2) is 0 Å². The first-order valence-electron chi connectivity index (χ1n) is 6.22. The Bertz CT molecular complexity index is 754. The number of aromatic nitrogens is 3. The van der Waals surface area contributed by atoms with Gasteiger partial charge < -0.3 is 9.63 Å². The molecular formula is C12H12F3N3O3. The number of hydrogen-bond donors (Lipinski definition) is 2. The highest BCUT2D eigenvalue weighted by atomic mass is 19.4. The molecule has 0 amide bonds. The molecule has 0 spiro atoms. The molecule has 1 unspecified atom stereocenters. The molecule has 21 heavy (non-hydrogen) atoms. The zero-order chi connectivity index (χ0) is 15.6. The quantitative estimate of drug-likeness (QED) is 0.840. The maximum Gasteiger partial charge on any atom is 0.422 e. The average Bonchev–Trinajstić information content (AvgIpc) is 2.90. The zero-order valence-electron chi connectivity index (χ0n) is 11.2. The summed E-state index contributed by atoms with van der Waals surface area (Å²) in [5, 5.41) is 15.8. The molecule has 0 bridgehead atoms. The Morgan fingerprint density at radius 3 is 2.81 bits per heavy atom. The van der Waals surface area contributed by atoms with E-state index in [2.05, 4.69) is 10.3 Å². The molecule has 2 N–H and O–H groups in total. The van der Waals surface area contributed by atoms with Gasteiger partial charge >= 0.3 is 6.18 Å². The number of nitrogens with zero attached hydrogens (tertiary/aromatic N) is 2. The maximum atomic E-state index is 13.0. The van der Waals surface area contributed by atoms with E-state index in [1.54, 1.807) is 6.92 Å². The highest BCUT2D eigenvalue weighted by Gasteiger charge is 2.55. The van der Waals surface area contributed by atoms with Crippen LogP contribution in [0, 0.1) is 0 Å². The van der Waals surface area contributed by atoms with E-state index >= 15 is 0 Å². The summed E-state index contributed by atoms with van der Waals surface area (Å²) < 4.78 is 45.5. The molecule has 2 aromatic heterocycles. The second-order valence-electron chi connectivity index (χ2n) is 5.36. The summed E-state index contributed by atoms with van der Waals surface area (Å²) >= 11 is 0. The van der Waals surface area contributed by atoms with E-state index < -0.39 is 23.4 Å². The van der Waals surface area contributed by atoms with Crippen LogP contribution in [0.2, 0.25) is 0 Å². The van der Waals surface area contributed by atoms with Crippen LogP contribution in [0.5, 0.6) is 0 Å². The minimum atomic E-state index is -4.88. The van der Waals surface area contributed by atoms with Gasteiger partial charge in [0.05, 0.1) is 0 Å². The van der Waals surface area contributed by atoms with Crippen molar-refractivity contribution in [2.45, 2.75) is 38.1 Å². The number of halogens is 3. The van der Waals surface area contributed by atoms with Crippen molar-refractivity contribution in [1.82, 2.24) is 14.9 Å². The van der Waals surface area contributed by atoms with Crippen molar-refractivity contribution in [3.8, 4) is 11.5 Å². The molecule has 2 atom stereocenters. The third-order valence-electron chi connectivity index (χ3n) is 3.73. The lowest BCUT2D eigenvalue weighted by Crippen LogP contribution is -2.40. The molecule has 9 heteroatoms. The number of rotatable bonds is 1. The van der Waals surface area contributed by atoms with Gasteiger partial charge in [0.2, 0.25) is 5.60 Å². The van der Waals surface area contributed by atoms with E-state index in [-0.39, 0.29) is 23.4 Å². The van der Waals surface area contributed by atoms with Crippen LogP contribution in [0.1, 0.15) is 31.0 Å². The van der Waals surface area contributed by atoms with E-state index in [4.69, 9.17) is 4.52 Å². The van der Waals surface area contributed by atoms with Crippen LogP contribution in [-0.2, 0) is 12.1 Å². The Kier molecular flexibility index (Phi) is 2.65. The van der Waals surface area contributed by atoms with Gasteiger partial charge in [-0.1, -0.05) is 12.1 Å². The largest absolute Gasteiger partial charge is 0.422 e. The molecule has 1 aliphatic heterocycles. The van der Waals surface area contributed by atoms with Crippen molar-refractivity contribution in [2.24, 2.45) is 0 Å². The number of alkyl halides is 3. The molecule has 3 rings (SSSR count).